The predicted octanol–water partition coefficient (Wildman–Crippen LogP) is 1.67. The van der Waals surface area contributed by atoms with E-state index in [0.717, 1.165) is 24.4 Å². The Bertz CT molecular complexity index is 741. The molecule has 26 heavy (non-hydrogen) atoms. The van der Waals surface area contributed by atoms with Crippen molar-refractivity contribution >= 4 is 46.2 Å². The van der Waals surface area contributed by atoms with Gasteiger partial charge in [0.2, 0.25) is 5.91 Å². The van der Waals surface area contributed by atoms with Gasteiger partial charge < -0.3 is 14.5 Å². The number of hydrogen-bond acceptors (Lipinski definition) is 6. The van der Waals surface area contributed by atoms with Gasteiger partial charge in [-0.1, -0.05) is 36.1 Å². The van der Waals surface area contributed by atoms with Crippen LogP contribution in [0.15, 0.2) is 29.2 Å². The second-order valence-corrected chi connectivity index (χ2v) is 7.90. The van der Waals surface area contributed by atoms with Crippen molar-refractivity contribution < 1.29 is 14.3 Å². The zero-order valence-corrected chi connectivity index (χ0v) is 16.4. The monoisotopic (exact) mass is 391 g/mol. The zero-order valence-electron chi connectivity index (χ0n) is 14.8. The summed E-state index contributed by atoms with van der Waals surface area (Å²) in [6.45, 7) is 3.08. The maximum absolute atomic E-state index is 12.7. The quantitative estimate of drug-likeness (QED) is 0.575. The number of thioether (sulfide) groups is 1. The molecule has 2 amide bonds. The first-order chi connectivity index (χ1) is 12.5. The SMILES string of the molecule is COc1ccc(C=C2SC(=S)N(CC(=O)N3CCN(C)CC3)C2=O)cc1. The van der Waals surface area contributed by atoms with Crippen LogP contribution in [0.5, 0.6) is 5.75 Å². The van der Waals surface area contributed by atoms with Gasteiger partial charge in [-0.05, 0) is 30.8 Å². The van der Waals surface area contributed by atoms with Gasteiger partial charge in [0.25, 0.3) is 5.91 Å². The highest BCUT2D eigenvalue weighted by molar-refractivity contribution is 8.26. The number of nitrogens with zero attached hydrogens (tertiary/aromatic N) is 3. The van der Waals surface area contributed by atoms with Gasteiger partial charge in [-0.2, -0.15) is 0 Å². The number of methoxy groups -OCH3 is 1. The minimum atomic E-state index is -0.210. The van der Waals surface area contributed by atoms with Gasteiger partial charge >= 0.3 is 0 Å². The number of hydrogen-bond donors (Lipinski definition) is 0. The molecule has 0 saturated carbocycles. The lowest BCUT2D eigenvalue weighted by atomic mass is 10.2. The first kappa shape index (κ1) is 18.9. The highest BCUT2D eigenvalue weighted by atomic mass is 32.2. The van der Waals surface area contributed by atoms with E-state index in [4.69, 9.17) is 17.0 Å². The van der Waals surface area contributed by atoms with Crippen LogP contribution in [0, 0.1) is 0 Å². The van der Waals surface area contributed by atoms with Crippen molar-refractivity contribution in [1.29, 1.82) is 0 Å². The third kappa shape index (κ3) is 4.25. The first-order valence-corrected chi connectivity index (χ1v) is 9.56. The molecule has 0 unspecified atom stereocenters. The largest absolute Gasteiger partial charge is 0.497 e. The van der Waals surface area contributed by atoms with E-state index in [-0.39, 0.29) is 18.4 Å². The van der Waals surface area contributed by atoms with Crippen LogP contribution in [-0.4, -0.2) is 77.7 Å². The van der Waals surface area contributed by atoms with Crippen molar-refractivity contribution in [1.82, 2.24) is 14.7 Å². The molecule has 6 nitrogen and oxygen atoms in total. The van der Waals surface area contributed by atoms with Gasteiger partial charge in [0.15, 0.2) is 0 Å². The van der Waals surface area contributed by atoms with Crippen LogP contribution in [0.2, 0.25) is 0 Å². The number of ether oxygens (including phenoxy) is 1. The normalized spacial score (nSPS) is 20.2. The zero-order chi connectivity index (χ0) is 18.7. The first-order valence-electron chi connectivity index (χ1n) is 8.33. The number of likely N-dealkylation sites (N-methyl/N-ethyl adjacent to an activating group) is 1. The maximum Gasteiger partial charge on any atom is 0.266 e. The Morgan fingerprint density at radius 2 is 1.88 bits per heavy atom. The molecule has 2 fully saturated rings. The molecule has 0 aliphatic carbocycles. The lowest BCUT2D eigenvalue weighted by molar-refractivity contribution is -0.136. The minimum Gasteiger partial charge on any atom is -0.497 e. The smallest absolute Gasteiger partial charge is 0.266 e. The molecule has 138 valence electrons. The summed E-state index contributed by atoms with van der Waals surface area (Å²) in [7, 11) is 3.64. The van der Waals surface area contributed by atoms with Crippen LogP contribution < -0.4 is 4.74 Å². The van der Waals surface area contributed by atoms with Gasteiger partial charge in [0.1, 0.15) is 16.6 Å². The Labute approximate surface area is 162 Å². The number of piperazine rings is 1. The summed E-state index contributed by atoms with van der Waals surface area (Å²) in [5.41, 5.74) is 0.886. The average molecular weight is 392 g/mol. The van der Waals surface area contributed by atoms with Crippen LogP contribution in [0.4, 0.5) is 0 Å². The minimum absolute atomic E-state index is 0.00827. The summed E-state index contributed by atoms with van der Waals surface area (Å²) < 4.78 is 5.56. The Morgan fingerprint density at radius 1 is 1.23 bits per heavy atom. The van der Waals surface area contributed by atoms with Crippen molar-refractivity contribution in [3.8, 4) is 5.75 Å². The third-order valence-corrected chi connectivity index (χ3v) is 5.81. The third-order valence-electron chi connectivity index (χ3n) is 4.44. The fourth-order valence-electron chi connectivity index (χ4n) is 2.78. The molecule has 1 aromatic rings. The molecule has 2 aliphatic heterocycles. The average Bonchev–Trinajstić information content (AvgIpc) is 2.90. The lowest BCUT2D eigenvalue weighted by Gasteiger charge is -2.33. The molecule has 0 atom stereocenters. The standard InChI is InChI=1S/C18H21N3O3S2/c1-19-7-9-20(10-8-19)16(22)12-21-17(23)15(26-18(21)25)11-13-3-5-14(24-2)6-4-13/h3-6,11H,7-10,12H2,1-2H3. The molecule has 2 heterocycles. The summed E-state index contributed by atoms with van der Waals surface area (Å²) >= 11 is 6.55. The number of amides is 2. The van der Waals surface area contributed by atoms with Crippen molar-refractivity contribution in [3.05, 3.63) is 34.7 Å². The van der Waals surface area contributed by atoms with E-state index in [9.17, 15) is 9.59 Å². The topological polar surface area (TPSA) is 53.1 Å². The fraction of sp³-hybridized carbons (Fsp3) is 0.389. The molecule has 0 spiro atoms. The van der Waals surface area contributed by atoms with Crippen LogP contribution in [0.25, 0.3) is 6.08 Å². The predicted molar refractivity (Wildman–Crippen MR) is 107 cm³/mol. The van der Waals surface area contributed by atoms with E-state index >= 15 is 0 Å². The fourth-order valence-corrected chi connectivity index (χ4v) is 4.03. The molecule has 3 rings (SSSR count). The molecule has 0 aromatic heterocycles. The number of benzene rings is 1. The van der Waals surface area contributed by atoms with E-state index in [2.05, 4.69) is 4.90 Å². The Morgan fingerprint density at radius 3 is 2.50 bits per heavy atom. The second-order valence-electron chi connectivity index (χ2n) is 6.23. The van der Waals surface area contributed by atoms with E-state index < -0.39 is 0 Å². The van der Waals surface area contributed by atoms with Crippen molar-refractivity contribution in [2.75, 3.05) is 46.9 Å². The molecular formula is C18H21N3O3S2. The van der Waals surface area contributed by atoms with Gasteiger partial charge in [-0.15, -0.1) is 0 Å². The van der Waals surface area contributed by atoms with E-state index in [1.54, 1.807) is 18.1 Å². The van der Waals surface area contributed by atoms with Gasteiger partial charge in [-0.25, -0.2) is 0 Å². The number of carbonyl (C=O) groups is 2. The summed E-state index contributed by atoms with van der Waals surface area (Å²) in [5, 5.41) is 0. The van der Waals surface area contributed by atoms with E-state index in [1.165, 1.54) is 16.7 Å². The molecule has 2 saturated heterocycles. The highest BCUT2D eigenvalue weighted by Crippen LogP contribution is 2.32. The van der Waals surface area contributed by atoms with Gasteiger partial charge in [0.05, 0.1) is 12.0 Å². The number of carbonyl (C=O) groups excluding carboxylic acids is 2. The van der Waals surface area contributed by atoms with Crippen LogP contribution in [-0.2, 0) is 9.59 Å². The Kier molecular flexibility index (Phi) is 5.95. The number of thiocarbonyl (C=S) groups is 1. The maximum atomic E-state index is 12.7. The Hall–Kier alpha value is -1.90. The molecule has 0 N–H and O–H groups in total. The molecule has 0 radical (unpaired) electrons. The molecule has 0 bridgehead atoms. The van der Waals surface area contributed by atoms with Crippen molar-refractivity contribution in [2.24, 2.45) is 0 Å². The van der Waals surface area contributed by atoms with Crippen LogP contribution in [0.3, 0.4) is 0 Å². The Balaban J connectivity index is 1.66. The molecular weight excluding hydrogens is 370 g/mol. The summed E-state index contributed by atoms with van der Waals surface area (Å²) in [6, 6.07) is 7.43. The van der Waals surface area contributed by atoms with Crippen molar-refractivity contribution in [2.45, 2.75) is 0 Å². The second kappa shape index (κ2) is 8.20. The summed E-state index contributed by atoms with van der Waals surface area (Å²) in [5.74, 6) is 0.492. The van der Waals surface area contributed by atoms with E-state index in [1.807, 2.05) is 31.3 Å². The van der Waals surface area contributed by atoms with Gasteiger partial charge in [-0.3, -0.25) is 14.5 Å². The molecule has 1 aromatic carbocycles. The van der Waals surface area contributed by atoms with Crippen LogP contribution >= 0.6 is 24.0 Å². The van der Waals surface area contributed by atoms with Gasteiger partial charge in [0, 0.05) is 26.2 Å². The summed E-state index contributed by atoms with van der Waals surface area (Å²) in [6.07, 6.45) is 1.79. The highest BCUT2D eigenvalue weighted by Gasteiger charge is 2.34. The number of rotatable bonds is 4. The molecule has 2 aliphatic rings. The van der Waals surface area contributed by atoms with E-state index in [0.29, 0.717) is 22.3 Å². The lowest BCUT2D eigenvalue weighted by Crippen LogP contribution is -2.50. The van der Waals surface area contributed by atoms with Crippen molar-refractivity contribution in [3.63, 3.8) is 0 Å². The van der Waals surface area contributed by atoms with Crippen LogP contribution in [0.1, 0.15) is 5.56 Å². The molecule has 8 heteroatoms. The summed E-state index contributed by atoms with van der Waals surface area (Å²) in [4.78, 5) is 31.1.